The van der Waals surface area contributed by atoms with E-state index in [2.05, 4.69) is 27.8 Å². The Hall–Kier alpha value is -3.91. The zero-order valence-electron chi connectivity index (χ0n) is 20.1. The molecule has 0 radical (unpaired) electrons. The van der Waals surface area contributed by atoms with Gasteiger partial charge >= 0.3 is 0 Å². The van der Waals surface area contributed by atoms with Crippen LogP contribution in [0.5, 0.6) is 5.75 Å². The largest absolute Gasteiger partial charge is 0.497 e. The van der Waals surface area contributed by atoms with Gasteiger partial charge in [-0.25, -0.2) is 9.97 Å². The Kier molecular flexibility index (Phi) is 8.30. The van der Waals surface area contributed by atoms with Gasteiger partial charge in [-0.15, -0.1) is 0 Å². The van der Waals surface area contributed by atoms with Gasteiger partial charge in [-0.3, -0.25) is 4.79 Å². The fraction of sp³-hybridized carbons (Fsp3) is 0.296. The van der Waals surface area contributed by atoms with E-state index in [4.69, 9.17) is 19.4 Å². The van der Waals surface area contributed by atoms with Crippen molar-refractivity contribution in [2.45, 2.75) is 26.4 Å². The number of hydrogen-bond donors (Lipinski definition) is 3. The molecule has 2 aromatic heterocycles. The van der Waals surface area contributed by atoms with Crippen molar-refractivity contribution >= 4 is 22.8 Å². The lowest BCUT2D eigenvalue weighted by Crippen LogP contribution is -2.26. The van der Waals surface area contributed by atoms with E-state index < -0.39 is 0 Å². The minimum atomic E-state index is -0.0577. The maximum absolute atomic E-state index is 11.2. The van der Waals surface area contributed by atoms with Crippen LogP contribution < -0.4 is 15.4 Å². The lowest BCUT2D eigenvalue weighted by molar-refractivity contribution is -0.118. The van der Waals surface area contributed by atoms with E-state index >= 15 is 0 Å². The number of aryl methyl sites for hydroxylation is 1. The second-order valence-corrected chi connectivity index (χ2v) is 8.23. The number of nitrogens with zero attached hydrogens (tertiary/aromatic N) is 2. The number of aromatic nitrogens is 3. The van der Waals surface area contributed by atoms with E-state index in [9.17, 15) is 4.79 Å². The second-order valence-electron chi connectivity index (χ2n) is 8.23. The first-order valence-corrected chi connectivity index (χ1v) is 11.8. The van der Waals surface area contributed by atoms with Crippen molar-refractivity contribution in [1.82, 2.24) is 20.3 Å². The lowest BCUT2D eigenvalue weighted by atomic mass is 10.1. The number of ether oxygens (including phenoxy) is 2. The molecular weight excluding hydrogens is 442 g/mol. The third-order valence-corrected chi connectivity index (χ3v) is 5.54. The quantitative estimate of drug-likeness (QED) is 0.265. The Morgan fingerprint density at radius 1 is 1.03 bits per heavy atom. The number of benzene rings is 2. The van der Waals surface area contributed by atoms with Crippen molar-refractivity contribution in [2.75, 3.05) is 32.1 Å². The molecule has 4 aromatic rings. The van der Waals surface area contributed by atoms with Gasteiger partial charge in [0, 0.05) is 37.9 Å². The highest BCUT2D eigenvalue weighted by Gasteiger charge is 2.13. The number of carbonyl (C=O) groups is 1. The summed E-state index contributed by atoms with van der Waals surface area (Å²) in [6.45, 7) is 3.69. The summed E-state index contributed by atoms with van der Waals surface area (Å²) in [5, 5.41) is 7.02. The number of anilines is 1. The van der Waals surface area contributed by atoms with Crippen molar-refractivity contribution < 1.29 is 14.3 Å². The highest BCUT2D eigenvalue weighted by Crippen LogP contribution is 2.26. The molecule has 2 heterocycles. The van der Waals surface area contributed by atoms with Gasteiger partial charge in [-0.05, 0) is 36.6 Å². The normalized spacial score (nSPS) is 10.9. The number of H-pyrrole nitrogens is 1. The first-order valence-electron chi connectivity index (χ1n) is 11.8. The van der Waals surface area contributed by atoms with Gasteiger partial charge in [-0.2, -0.15) is 0 Å². The molecule has 2 aromatic carbocycles. The molecule has 0 saturated heterocycles. The van der Waals surface area contributed by atoms with E-state index in [-0.39, 0.29) is 5.91 Å². The fourth-order valence-electron chi connectivity index (χ4n) is 3.76. The van der Waals surface area contributed by atoms with Crippen LogP contribution in [0.15, 0.2) is 60.7 Å². The topological polar surface area (TPSA) is 101 Å². The molecule has 3 N–H and O–H groups in total. The fourth-order valence-corrected chi connectivity index (χ4v) is 3.76. The van der Waals surface area contributed by atoms with E-state index in [1.165, 1.54) is 12.5 Å². The van der Waals surface area contributed by atoms with Crippen LogP contribution in [0, 0.1) is 0 Å². The van der Waals surface area contributed by atoms with Crippen LogP contribution in [0.4, 0.5) is 5.82 Å². The van der Waals surface area contributed by atoms with Crippen molar-refractivity contribution in [1.29, 1.82) is 0 Å². The number of aromatic amines is 1. The number of fused-ring (bicyclic) bond motifs is 1. The molecule has 1 amide bonds. The van der Waals surface area contributed by atoms with E-state index in [0.29, 0.717) is 32.1 Å². The number of rotatable bonds is 12. The van der Waals surface area contributed by atoms with Gasteiger partial charge in [0.1, 0.15) is 17.2 Å². The molecule has 0 saturated carbocycles. The zero-order chi connectivity index (χ0) is 24.5. The van der Waals surface area contributed by atoms with Gasteiger partial charge in [-0.1, -0.05) is 42.5 Å². The molecule has 0 aliphatic rings. The molecular formula is C27H31N5O3. The first-order chi connectivity index (χ1) is 17.1. The zero-order valence-corrected chi connectivity index (χ0v) is 20.1. The molecule has 0 atom stereocenters. The molecule has 4 rings (SSSR count). The summed E-state index contributed by atoms with van der Waals surface area (Å²) in [5.74, 6) is 2.17. The molecule has 0 spiro atoms. The van der Waals surface area contributed by atoms with Gasteiger partial charge in [0.25, 0.3) is 0 Å². The predicted octanol–water partition coefficient (Wildman–Crippen LogP) is 4.33. The smallest absolute Gasteiger partial charge is 0.216 e. The maximum atomic E-state index is 11.2. The minimum absolute atomic E-state index is 0.0577. The van der Waals surface area contributed by atoms with Crippen molar-refractivity contribution in [2.24, 2.45) is 0 Å². The number of hydrogen-bond acceptors (Lipinski definition) is 6. The summed E-state index contributed by atoms with van der Waals surface area (Å²) < 4.78 is 11.1. The van der Waals surface area contributed by atoms with E-state index in [0.717, 1.165) is 46.7 Å². The summed E-state index contributed by atoms with van der Waals surface area (Å²) in [6.07, 6.45) is 1.88. The number of carbonyl (C=O) groups excluding carboxylic acids is 1. The summed E-state index contributed by atoms with van der Waals surface area (Å²) in [6, 6.07) is 20.0. The summed E-state index contributed by atoms with van der Waals surface area (Å²) in [7, 11) is 1.67. The van der Waals surface area contributed by atoms with Crippen LogP contribution in [0.25, 0.3) is 22.4 Å². The van der Waals surface area contributed by atoms with Crippen LogP contribution >= 0.6 is 0 Å². The Morgan fingerprint density at radius 3 is 2.57 bits per heavy atom. The minimum Gasteiger partial charge on any atom is -0.497 e. The third-order valence-electron chi connectivity index (χ3n) is 5.54. The van der Waals surface area contributed by atoms with Gasteiger partial charge < -0.3 is 25.1 Å². The number of methoxy groups -OCH3 is 1. The predicted molar refractivity (Wildman–Crippen MR) is 137 cm³/mol. The van der Waals surface area contributed by atoms with Gasteiger partial charge in [0.15, 0.2) is 5.82 Å². The van der Waals surface area contributed by atoms with Crippen molar-refractivity contribution in [3.05, 3.63) is 71.9 Å². The Labute approximate surface area is 205 Å². The van der Waals surface area contributed by atoms with Crippen LogP contribution in [0.1, 0.15) is 24.6 Å². The molecule has 0 fully saturated rings. The lowest BCUT2D eigenvalue weighted by Gasteiger charge is -2.09. The van der Waals surface area contributed by atoms with Crippen LogP contribution in [-0.4, -0.2) is 47.7 Å². The Morgan fingerprint density at radius 2 is 1.83 bits per heavy atom. The van der Waals surface area contributed by atoms with Crippen LogP contribution in [0.3, 0.4) is 0 Å². The molecule has 35 heavy (non-hydrogen) atoms. The SMILES string of the molecule is COc1ccc(CCCOCc2cc3c(NCCNC(C)=O)nc(-c4ccccc4)nc3[nH]2)cc1. The monoisotopic (exact) mass is 473 g/mol. The summed E-state index contributed by atoms with van der Waals surface area (Å²) in [5.41, 5.74) is 3.88. The van der Waals surface area contributed by atoms with Gasteiger partial charge in [0.2, 0.25) is 5.91 Å². The molecule has 0 aliphatic carbocycles. The average Bonchev–Trinajstić information content (AvgIpc) is 3.30. The third kappa shape index (κ3) is 6.80. The van der Waals surface area contributed by atoms with Gasteiger partial charge in [0.05, 0.1) is 19.1 Å². The Bertz CT molecular complexity index is 1240. The standard InChI is InChI=1S/C27H31N5O3/c1-19(33)28-14-15-29-26-24-17-22(18-35-16-6-7-20-10-12-23(34-2)13-11-20)30-27(24)32-25(31-26)21-8-4-3-5-9-21/h3-5,8-13,17H,6-7,14-16,18H2,1-2H3,(H,28,33)(H2,29,30,31,32). The molecule has 8 nitrogen and oxygen atoms in total. The summed E-state index contributed by atoms with van der Waals surface area (Å²) >= 11 is 0. The van der Waals surface area contributed by atoms with Crippen molar-refractivity contribution in [3.63, 3.8) is 0 Å². The first kappa shape index (κ1) is 24.2. The second kappa shape index (κ2) is 12.0. The molecule has 8 heteroatoms. The molecule has 182 valence electrons. The number of nitrogens with one attached hydrogen (secondary N) is 3. The average molecular weight is 474 g/mol. The van der Waals surface area contributed by atoms with E-state index in [1.54, 1.807) is 7.11 Å². The van der Waals surface area contributed by atoms with Crippen molar-refractivity contribution in [3.8, 4) is 17.1 Å². The van der Waals surface area contributed by atoms with Crippen LogP contribution in [0.2, 0.25) is 0 Å². The molecule has 0 bridgehead atoms. The highest BCUT2D eigenvalue weighted by molar-refractivity contribution is 5.89. The van der Waals surface area contributed by atoms with E-state index in [1.807, 2.05) is 48.5 Å². The summed E-state index contributed by atoms with van der Waals surface area (Å²) in [4.78, 5) is 24.0. The molecule has 0 aliphatic heterocycles. The highest BCUT2D eigenvalue weighted by atomic mass is 16.5. The molecule has 0 unspecified atom stereocenters. The number of amides is 1. The maximum Gasteiger partial charge on any atom is 0.216 e. The van der Waals surface area contributed by atoms with Crippen LogP contribution in [-0.2, 0) is 22.6 Å². The Balaban J connectivity index is 1.40.